The van der Waals surface area contributed by atoms with Crippen molar-refractivity contribution in [2.45, 2.75) is 64.0 Å². The third-order valence-electron chi connectivity index (χ3n) is 7.58. The predicted octanol–water partition coefficient (Wildman–Crippen LogP) is 3.75. The molecule has 1 saturated carbocycles. The summed E-state index contributed by atoms with van der Waals surface area (Å²) in [6.45, 7) is 5.24. The number of rotatable bonds is 7. The first kappa shape index (κ1) is 24.4. The minimum Gasteiger partial charge on any atom is -0.330 e. The molecule has 1 aliphatic rings. The van der Waals surface area contributed by atoms with Crippen LogP contribution in [0.25, 0.3) is 11.4 Å². The molecule has 0 atom stereocenters. The summed E-state index contributed by atoms with van der Waals surface area (Å²) in [4.78, 5) is 12.8. The summed E-state index contributed by atoms with van der Waals surface area (Å²) < 4.78 is 3.42. The van der Waals surface area contributed by atoms with Gasteiger partial charge in [0.05, 0.1) is 17.9 Å². The molecule has 10 heteroatoms. The first-order chi connectivity index (χ1) is 17.4. The van der Waals surface area contributed by atoms with Crippen LogP contribution in [-0.4, -0.2) is 41.5 Å². The Bertz CT molecular complexity index is 1390. The monoisotopic (exact) mass is 506 g/mol. The minimum atomic E-state index is -0.128. The van der Waals surface area contributed by atoms with Crippen molar-refractivity contribution in [2.24, 2.45) is 5.73 Å². The van der Waals surface area contributed by atoms with E-state index in [-0.39, 0.29) is 17.0 Å². The van der Waals surface area contributed by atoms with Gasteiger partial charge >= 0.3 is 0 Å². The van der Waals surface area contributed by atoms with Gasteiger partial charge in [0.1, 0.15) is 11.4 Å². The number of hydrogen-bond acceptors (Lipinski definition) is 6. The number of benzene rings is 1. The Kier molecular flexibility index (Phi) is 6.77. The zero-order valence-electron chi connectivity index (χ0n) is 20.6. The van der Waals surface area contributed by atoms with Gasteiger partial charge in [0, 0.05) is 35.3 Å². The molecular weight excluding hydrogens is 476 g/mol. The fourth-order valence-electron chi connectivity index (χ4n) is 5.35. The van der Waals surface area contributed by atoms with E-state index in [2.05, 4.69) is 26.6 Å². The van der Waals surface area contributed by atoms with Gasteiger partial charge in [-0.3, -0.25) is 14.6 Å². The number of nitrogens with one attached hydrogen (secondary N) is 1. The van der Waals surface area contributed by atoms with Gasteiger partial charge in [-0.2, -0.15) is 10.2 Å². The van der Waals surface area contributed by atoms with Crippen molar-refractivity contribution < 1.29 is 0 Å². The van der Waals surface area contributed by atoms with Crippen LogP contribution in [0.5, 0.6) is 0 Å². The Morgan fingerprint density at radius 3 is 2.67 bits per heavy atom. The Balaban J connectivity index is 1.31. The molecule has 1 aliphatic carbocycles. The average molecular weight is 507 g/mol. The zero-order valence-corrected chi connectivity index (χ0v) is 21.4. The molecule has 1 fully saturated rings. The molecule has 3 N–H and O–H groups in total. The summed E-state index contributed by atoms with van der Waals surface area (Å²) in [6.07, 6.45) is 6.06. The topological polar surface area (TPSA) is 120 Å². The van der Waals surface area contributed by atoms with Crippen molar-refractivity contribution in [3.05, 3.63) is 80.5 Å². The highest BCUT2D eigenvalue weighted by Gasteiger charge is 2.37. The molecule has 0 amide bonds. The van der Waals surface area contributed by atoms with E-state index >= 15 is 0 Å². The van der Waals surface area contributed by atoms with Crippen LogP contribution in [0, 0.1) is 13.8 Å². The number of halogens is 1. The maximum absolute atomic E-state index is 12.8. The van der Waals surface area contributed by atoms with E-state index in [0.29, 0.717) is 24.5 Å². The Morgan fingerprint density at radius 2 is 1.97 bits per heavy atom. The molecule has 0 spiro atoms. The number of hydrogen-bond donors (Lipinski definition) is 2. The number of aromatic amines is 1. The second kappa shape index (κ2) is 9.99. The second-order valence-corrected chi connectivity index (χ2v) is 10.2. The Labute approximate surface area is 214 Å². The fraction of sp³-hybridized carbons (Fsp3) is 0.423. The van der Waals surface area contributed by atoms with Gasteiger partial charge in [-0.15, -0.1) is 5.10 Å². The summed E-state index contributed by atoms with van der Waals surface area (Å²) in [5.74, 6) is 0. The quantitative estimate of drug-likeness (QED) is 0.394. The molecule has 1 aromatic carbocycles. The molecule has 0 radical (unpaired) electrons. The van der Waals surface area contributed by atoms with E-state index in [1.807, 2.05) is 38.2 Å². The van der Waals surface area contributed by atoms with E-state index in [1.54, 1.807) is 21.5 Å². The van der Waals surface area contributed by atoms with Crippen LogP contribution in [0.1, 0.15) is 54.2 Å². The summed E-state index contributed by atoms with van der Waals surface area (Å²) >= 11 is 6.25. The molecule has 188 valence electrons. The van der Waals surface area contributed by atoms with Gasteiger partial charge < -0.3 is 5.73 Å². The van der Waals surface area contributed by atoms with E-state index < -0.39 is 0 Å². The van der Waals surface area contributed by atoms with Crippen LogP contribution in [0.3, 0.4) is 0 Å². The molecule has 3 aromatic heterocycles. The first-order valence-electron chi connectivity index (χ1n) is 12.4. The lowest BCUT2D eigenvalue weighted by Crippen LogP contribution is -2.41. The van der Waals surface area contributed by atoms with Gasteiger partial charge in [-0.25, -0.2) is 4.68 Å². The van der Waals surface area contributed by atoms with E-state index in [0.717, 1.165) is 48.5 Å². The highest BCUT2D eigenvalue weighted by atomic mass is 35.5. The maximum atomic E-state index is 12.8. The molecule has 36 heavy (non-hydrogen) atoms. The molecule has 5 rings (SSSR count). The molecule has 4 aromatic rings. The van der Waals surface area contributed by atoms with E-state index in [1.165, 1.54) is 11.1 Å². The molecule has 0 aliphatic heterocycles. The van der Waals surface area contributed by atoms with E-state index in [9.17, 15) is 4.79 Å². The lowest BCUT2D eigenvalue weighted by molar-refractivity contribution is 0.222. The molecule has 0 bridgehead atoms. The standard InChI is InChI=1S/C26H31ClN8O/c1-17-22(18(2)30-29-17)10-13-34-15-24(31-33-34)23-6-7-25(36)35(32-23)21-8-11-26(16-28,12-9-21)19-4-3-5-20(27)14-19/h3-7,14-15,21H,8-13,16,28H2,1-2H3,(H,29,30). The predicted molar refractivity (Wildman–Crippen MR) is 139 cm³/mol. The van der Waals surface area contributed by atoms with Gasteiger partial charge in [0.15, 0.2) is 0 Å². The highest BCUT2D eigenvalue weighted by molar-refractivity contribution is 6.30. The average Bonchev–Trinajstić information content (AvgIpc) is 3.49. The summed E-state index contributed by atoms with van der Waals surface area (Å²) in [5.41, 5.74) is 11.8. The lowest BCUT2D eigenvalue weighted by Gasteiger charge is -2.40. The number of aromatic nitrogens is 7. The van der Waals surface area contributed by atoms with Crippen molar-refractivity contribution in [2.75, 3.05) is 6.54 Å². The Morgan fingerprint density at radius 1 is 1.17 bits per heavy atom. The van der Waals surface area contributed by atoms with Crippen LogP contribution in [-0.2, 0) is 18.4 Å². The largest absolute Gasteiger partial charge is 0.330 e. The van der Waals surface area contributed by atoms with Crippen molar-refractivity contribution in [1.82, 2.24) is 35.0 Å². The molecule has 0 unspecified atom stereocenters. The minimum absolute atomic E-state index is 0.0124. The molecule has 9 nitrogen and oxygen atoms in total. The van der Waals surface area contributed by atoms with Crippen molar-refractivity contribution in [3.63, 3.8) is 0 Å². The summed E-state index contributed by atoms with van der Waals surface area (Å²) in [5, 5.41) is 21.3. The molecule has 3 heterocycles. The van der Waals surface area contributed by atoms with Crippen LogP contribution in [0.2, 0.25) is 5.02 Å². The molecule has 0 saturated heterocycles. The van der Waals surface area contributed by atoms with Crippen molar-refractivity contribution in [1.29, 1.82) is 0 Å². The number of nitrogens with two attached hydrogens (primary N) is 1. The van der Waals surface area contributed by atoms with Gasteiger partial charge in [0.2, 0.25) is 0 Å². The summed E-state index contributed by atoms with van der Waals surface area (Å²) in [6, 6.07) is 11.3. The highest BCUT2D eigenvalue weighted by Crippen LogP contribution is 2.42. The number of nitrogens with zero attached hydrogens (tertiary/aromatic N) is 6. The number of aryl methyl sites for hydroxylation is 3. The Hall–Kier alpha value is -3.30. The zero-order chi connectivity index (χ0) is 25.3. The van der Waals surface area contributed by atoms with E-state index in [4.69, 9.17) is 22.4 Å². The number of H-pyrrole nitrogens is 1. The second-order valence-electron chi connectivity index (χ2n) is 9.76. The van der Waals surface area contributed by atoms with Crippen molar-refractivity contribution in [3.8, 4) is 11.4 Å². The first-order valence-corrected chi connectivity index (χ1v) is 12.7. The fourth-order valence-corrected chi connectivity index (χ4v) is 5.54. The van der Waals surface area contributed by atoms with Gasteiger partial charge in [-0.1, -0.05) is 28.9 Å². The van der Waals surface area contributed by atoms with Crippen molar-refractivity contribution >= 4 is 11.6 Å². The smallest absolute Gasteiger partial charge is 0.267 e. The maximum Gasteiger partial charge on any atom is 0.267 e. The SMILES string of the molecule is Cc1n[nH]c(C)c1CCn1cc(-c2ccc(=O)n(C3CCC(CN)(c4cccc(Cl)c4)CC3)n2)nn1. The van der Waals surface area contributed by atoms with Crippen LogP contribution in [0.4, 0.5) is 0 Å². The third kappa shape index (κ3) is 4.73. The van der Waals surface area contributed by atoms with Crippen LogP contribution in [0.15, 0.2) is 47.4 Å². The lowest BCUT2D eigenvalue weighted by atomic mass is 9.68. The van der Waals surface area contributed by atoms with Gasteiger partial charge in [-0.05, 0) is 75.3 Å². The third-order valence-corrected chi connectivity index (χ3v) is 7.82. The van der Waals surface area contributed by atoms with Crippen LogP contribution >= 0.6 is 11.6 Å². The van der Waals surface area contributed by atoms with Gasteiger partial charge in [0.25, 0.3) is 5.56 Å². The molecular formula is C26H31ClN8O. The normalized spacial score (nSPS) is 20.1. The summed E-state index contributed by atoms with van der Waals surface area (Å²) in [7, 11) is 0. The van der Waals surface area contributed by atoms with Crippen LogP contribution < -0.4 is 11.3 Å².